The van der Waals surface area contributed by atoms with Crippen LogP contribution in [0.2, 0.25) is 5.02 Å². The van der Waals surface area contributed by atoms with Crippen molar-refractivity contribution in [1.29, 1.82) is 0 Å². The molecule has 0 aromatic heterocycles. The van der Waals surface area contributed by atoms with Gasteiger partial charge in [-0.3, -0.25) is 14.9 Å². The second-order valence-electron chi connectivity index (χ2n) is 12.5. The Hall–Kier alpha value is -4.11. The highest BCUT2D eigenvalue weighted by atomic mass is 35.5. The Kier molecular flexibility index (Phi) is 12.3. The molecule has 3 aliphatic rings. The van der Waals surface area contributed by atoms with Crippen molar-refractivity contribution in [2.75, 3.05) is 18.5 Å². The zero-order valence-corrected chi connectivity index (χ0v) is 28.8. The molecule has 3 aromatic carbocycles. The second-order valence-corrected chi connectivity index (χ2v) is 12.9. The summed E-state index contributed by atoms with van der Waals surface area (Å²) < 4.78 is 40.8. The monoisotopic (exact) mass is 760 g/mol. The van der Waals surface area contributed by atoms with Crippen molar-refractivity contribution in [3.63, 3.8) is 0 Å². The van der Waals surface area contributed by atoms with Crippen molar-refractivity contribution < 1.29 is 68.1 Å². The SMILES string of the molecule is CC(=O)Nc1cc(CO[C@@H]2O[C@@H](COC(=O)c3ccccc3)[C@H](O[C@H]3OC4CO[C@@H](c5ccc([N+](=O)[O-])cc5)OC4[C@H](O)[C@@H]3O)[C@H](O)[C@@H]2O)ccc1Cl. The van der Waals surface area contributed by atoms with Crippen LogP contribution in [-0.2, 0) is 44.6 Å². The third-order valence-corrected chi connectivity index (χ3v) is 9.11. The van der Waals surface area contributed by atoms with Crippen LogP contribution in [0.5, 0.6) is 0 Å². The van der Waals surface area contributed by atoms with Crippen LogP contribution < -0.4 is 5.32 Å². The highest BCUT2D eigenvalue weighted by molar-refractivity contribution is 6.33. The van der Waals surface area contributed by atoms with Gasteiger partial charge < -0.3 is 58.9 Å². The molecule has 0 spiro atoms. The number of aliphatic hydroxyl groups is 4. The molecule has 0 saturated carbocycles. The van der Waals surface area contributed by atoms with Crippen LogP contribution in [-0.4, -0.2) is 112 Å². The highest BCUT2D eigenvalue weighted by Gasteiger charge is 2.53. The fourth-order valence-corrected chi connectivity index (χ4v) is 6.22. The van der Waals surface area contributed by atoms with Crippen molar-refractivity contribution in [1.82, 2.24) is 0 Å². The summed E-state index contributed by atoms with van der Waals surface area (Å²) in [5, 5.41) is 58.6. The van der Waals surface area contributed by atoms with Crippen molar-refractivity contribution in [3.05, 3.63) is 105 Å². The molecule has 3 aliphatic heterocycles. The molecule has 0 aliphatic carbocycles. The molecule has 3 aromatic rings. The van der Waals surface area contributed by atoms with Gasteiger partial charge in [0.1, 0.15) is 55.4 Å². The van der Waals surface area contributed by atoms with E-state index in [0.29, 0.717) is 16.8 Å². The Bertz CT molecular complexity index is 1750. The van der Waals surface area contributed by atoms with Crippen LogP contribution in [0.4, 0.5) is 11.4 Å². The first-order valence-corrected chi connectivity index (χ1v) is 16.9. The molecule has 2 unspecified atom stereocenters. The Balaban J connectivity index is 1.15. The van der Waals surface area contributed by atoms with E-state index in [1.54, 1.807) is 36.4 Å². The van der Waals surface area contributed by atoms with Gasteiger partial charge >= 0.3 is 5.97 Å². The molecule has 18 heteroatoms. The number of carbonyl (C=O) groups excluding carboxylic acids is 2. The van der Waals surface area contributed by atoms with E-state index in [0.717, 1.165) is 0 Å². The standard InChI is InChI=1S/C35H37ClN2O15/c1-17(39)37-23-13-18(7-12-22(23)36)14-48-34-28(42)26(40)31(24(50-34)15-47-32(44)19-5-3-2-4-6-19)53-35-29(43)27(41)30-25(51-35)16-49-33(52-30)20-8-10-21(11-9-20)38(45)46/h2-13,24-31,33-35,40-43H,14-16H2,1H3,(H,37,39)/t24-,25?,26+,27+,28-,29-,30?,31-,33+,34+,35+/m0/s1. The average Bonchev–Trinajstić information content (AvgIpc) is 3.15. The molecule has 53 heavy (non-hydrogen) atoms. The summed E-state index contributed by atoms with van der Waals surface area (Å²) >= 11 is 6.17. The number of esters is 1. The number of rotatable bonds is 11. The van der Waals surface area contributed by atoms with Crippen LogP contribution >= 0.6 is 11.6 Å². The van der Waals surface area contributed by atoms with Crippen LogP contribution in [0.1, 0.15) is 34.7 Å². The lowest BCUT2D eigenvalue weighted by Gasteiger charge is -2.48. The number of non-ortho nitro benzene ring substituents is 1. The Labute approximate surface area is 307 Å². The molecule has 11 atom stereocenters. The number of benzene rings is 3. The van der Waals surface area contributed by atoms with E-state index in [1.807, 2.05) is 0 Å². The number of nitro groups is 1. The molecule has 0 radical (unpaired) electrons. The van der Waals surface area contributed by atoms with Gasteiger partial charge in [0.05, 0.1) is 34.4 Å². The van der Waals surface area contributed by atoms with Crippen LogP contribution in [0, 0.1) is 10.1 Å². The maximum absolute atomic E-state index is 12.8. The van der Waals surface area contributed by atoms with Crippen LogP contribution in [0.15, 0.2) is 72.8 Å². The zero-order chi connectivity index (χ0) is 37.8. The number of halogens is 1. The largest absolute Gasteiger partial charge is 0.459 e. The quantitative estimate of drug-likeness (QED) is 0.107. The summed E-state index contributed by atoms with van der Waals surface area (Å²) in [7, 11) is 0. The summed E-state index contributed by atoms with van der Waals surface area (Å²) in [6, 6.07) is 18.2. The van der Waals surface area contributed by atoms with E-state index in [-0.39, 0.29) is 35.4 Å². The minimum Gasteiger partial charge on any atom is -0.459 e. The molecular weight excluding hydrogens is 724 g/mol. The number of nitrogens with one attached hydrogen (secondary N) is 1. The average molecular weight is 761 g/mol. The van der Waals surface area contributed by atoms with E-state index < -0.39 is 85.2 Å². The smallest absolute Gasteiger partial charge is 0.338 e. The maximum Gasteiger partial charge on any atom is 0.338 e. The van der Waals surface area contributed by atoms with E-state index in [2.05, 4.69) is 5.32 Å². The maximum atomic E-state index is 12.8. The third kappa shape index (κ3) is 8.99. The summed E-state index contributed by atoms with van der Waals surface area (Å²) in [4.78, 5) is 34.9. The fraction of sp³-hybridized carbons (Fsp3) is 0.429. The van der Waals surface area contributed by atoms with Crippen molar-refractivity contribution in [2.45, 2.75) is 81.2 Å². The van der Waals surface area contributed by atoms with Crippen molar-refractivity contribution in [2.24, 2.45) is 0 Å². The van der Waals surface area contributed by atoms with Gasteiger partial charge in [-0.25, -0.2) is 4.79 Å². The number of aliphatic hydroxyl groups excluding tert-OH is 4. The number of nitrogens with zero attached hydrogens (tertiary/aromatic N) is 1. The number of fused-ring (bicyclic) bond motifs is 1. The van der Waals surface area contributed by atoms with Gasteiger partial charge in [0.15, 0.2) is 18.9 Å². The number of nitro benzene ring substituents is 1. The van der Waals surface area contributed by atoms with E-state index in [1.165, 1.54) is 43.3 Å². The molecule has 284 valence electrons. The van der Waals surface area contributed by atoms with Gasteiger partial charge in [-0.1, -0.05) is 35.9 Å². The number of amides is 1. The number of ether oxygens (including phenoxy) is 7. The molecule has 17 nitrogen and oxygen atoms in total. The number of hydrogen-bond donors (Lipinski definition) is 5. The van der Waals surface area contributed by atoms with Crippen LogP contribution in [0.3, 0.4) is 0 Å². The normalized spacial score (nSPS) is 31.2. The Morgan fingerprint density at radius 2 is 1.64 bits per heavy atom. The van der Waals surface area contributed by atoms with Crippen molar-refractivity contribution in [3.8, 4) is 0 Å². The summed E-state index contributed by atoms with van der Waals surface area (Å²) in [5.74, 6) is -1.06. The number of carbonyl (C=O) groups is 2. The fourth-order valence-electron chi connectivity index (χ4n) is 6.05. The van der Waals surface area contributed by atoms with Gasteiger partial charge in [0, 0.05) is 24.6 Å². The van der Waals surface area contributed by atoms with E-state index in [4.69, 9.17) is 44.8 Å². The summed E-state index contributed by atoms with van der Waals surface area (Å²) in [6.07, 6.45) is -15.9. The number of anilines is 1. The highest BCUT2D eigenvalue weighted by Crippen LogP contribution is 2.37. The van der Waals surface area contributed by atoms with Gasteiger partial charge in [-0.2, -0.15) is 0 Å². The molecular formula is C35H37ClN2O15. The molecule has 3 heterocycles. The Morgan fingerprint density at radius 3 is 2.34 bits per heavy atom. The lowest BCUT2D eigenvalue weighted by molar-refractivity contribution is -0.386. The first-order chi connectivity index (χ1) is 25.4. The summed E-state index contributed by atoms with van der Waals surface area (Å²) in [6.45, 7) is 0.505. The van der Waals surface area contributed by atoms with Gasteiger partial charge in [-0.15, -0.1) is 0 Å². The molecule has 0 bridgehead atoms. The minimum absolute atomic E-state index is 0.136. The molecule has 5 N–H and O–H groups in total. The second kappa shape index (κ2) is 16.9. The lowest BCUT2D eigenvalue weighted by atomic mass is 9.96. The predicted molar refractivity (Wildman–Crippen MR) is 180 cm³/mol. The number of hydrogen-bond acceptors (Lipinski definition) is 15. The first kappa shape index (κ1) is 38.6. The van der Waals surface area contributed by atoms with E-state index >= 15 is 0 Å². The topological polar surface area (TPSA) is 235 Å². The molecule has 6 rings (SSSR count). The lowest BCUT2D eigenvalue weighted by Crippen LogP contribution is -2.66. The minimum atomic E-state index is -1.76. The summed E-state index contributed by atoms with van der Waals surface area (Å²) in [5.41, 5.74) is 1.39. The molecule has 3 saturated heterocycles. The zero-order valence-electron chi connectivity index (χ0n) is 28.0. The van der Waals surface area contributed by atoms with E-state index in [9.17, 15) is 40.1 Å². The third-order valence-electron chi connectivity index (χ3n) is 8.79. The van der Waals surface area contributed by atoms with Gasteiger partial charge in [0.25, 0.3) is 5.69 Å². The predicted octanol–water partition coefficient (Wildman–Crippen LogP) is 1.97. The first-order valence-electron chi connectivity index (χ1n) is 16.5. The van der Waals surface area contributed by atoms with Crippen molar-refractivity contribution >= 4 is 34.9 Å². The molecule has 1 amide bonds. The van der Waals surface area contributed by atoms with Gasteiger partial charge in [-0.05, 0) is 42.0 Å². The van der Waals surface area contributed by atoms with Crippen LogP contribution in [0.25, 0.3) is 0 Å². The Morgan fingerprint density at radius 1 is 0.925 bits per heavy atom. The molecule has 3 fully saturated rings. The van der Waals surface area contributed by atoms with Gasteiger partial charge in [0.2, 0.25) is 5.91 Å².